The molecule has 8 heteroatoms. The average molecular weight is 483 g/mol. The van der Waals surface area contributed by atoms with E-state index in [2.05, 4.69) is 18.4 Å². The van der Waals surface area contributed by atoms with E-state index >= 15 is 0 Å². The van der Waals surface area contributed by atoms with Crippen molar-refractivity contribution in [2.45, 2.75) is 102 Å². The van der Waals surface area contributed by atoms with Crippen LogP contribution in [0.3, 0.4) is 0 Å². The predicted octanol–water partition coefficient (Wildman–Crippen LogP) is 4.54. The molecule has 7 nitrogen and oxygen atoms in total. The van der Waals surface area contributed by atoms with Gasteiger partial charge in [0, 0.05) is 29.9 Å². The number of carboxylic acid groups (broad SMARTS) is 1. The van der Waals surface area contributed by atoms with Crippen LogP contribution in [0.1, 0.15) is 75.5 Å². The number of hydrogen-bond acceptors (Lipinski definition) is 7. The lowest BCUT2D eigenvalue weighted by molar-refractivity contribution is -0.238. The van der Waals surface area contributed by atoms with Crippen molar-refractivity contribution in [1.29, 1.82) is 0 Å². The number of aliphatic hydroxyl groups is 1. The topological polar surface area (TPSA) is 94.5 Å². The molecule has 0 aromatic carbocycles. The van der Waals surface area contributed by atoms with Gasteiger partial charge in [-0.25, -0.2) is 0 Å². The normalized spacial score (nSPS) is 34.7. The van der Waals surface area contributed by atoms with E-state index in [1.807, 2.05) is 6.07 Å². The van der Waals surface area contributed by atoms with Crippen molar-refractivity contribution >= 4 is 17.3 Å². The van der Waals surface area contributed by atoms with Crippen LogP contribution in [0.4, 0.5) is 0 Å². The molecule has 3 heterocycles. The maximum Gasteiger partial charge on any atom is 0.303 e. The second kappa shape index (κ2) is 12.1. The number of ether oxygens (including phenoxy) is 4. The molecule has 186 valence electrons. The van der Waals surface area contributed by atoms with Gasteiger partial charge in [0.25, 0.3) is 0 Å². The number of carboxylic acids is 1. The average Bonchev–Trinajstić information content (AvgIpc) is 3.44. The predicted molar refractivity (Wildman–Crippen MR) is 124 cm³/mol. The van der Waals surface area contributed by atoms with Crippen molar-refractivity contribution in [3.05, 3.63) is 22.4 Å². The van der Waals surface area contributed by atoms with Gasteiger partial charge in [0.2, 0.25) is 0 Å². The molecule has 33 heavy (non-hydrogen) atoms. The number of thiophene rings is 1. The first-order valence-corrected chi connectivity index (χ1v) is 13.4. The molecule has 4 rings (SSSR count). The highest BCUT2D eigenvalue weighted by Crippen LogP contribution is 2.45. The Morgan fingerprint density at radius 2 is 1.91 bits per heavy atom. The molecule has 4 unspecified atom stereocenters. The highest BCUT2D eigenvalue weighted by atomic mass is 32.1. The third-order valence-corrected chi connectivity index (χ3v) is 8.32. The molecular formula is C25H38O7S. The first-order chi connectivity index (χ1) is 16.1. The molecule has 2 aliphatic heterocycles. The molecule has 3 fully saturated rings. The standard InChI is InChI=1S/C25H38O7S/c1-2-17(19-8-7-13-33-19)25(32-22-10-4-6-12-30-22)23-18(31-21-9-3-5-11-29-21)14-16(24(23)28)15-20(26)27/h7-8,13,16-18,21-25,28H,2-6,9-12,14-15H2,1H3,(H,26,27)/t16-,17-,18-,21?,22?,23?,24+,25?/m0/s1. The van der Waals surface area contributed by atoms with E-state index in [0.29, 0.717) is 19.6 Å². The van der Waals surface area contributed by atoms with Gasteiger partial charge in [-0.1, -0.05) is 13.0 Å². The molecule has 2 saturated heterocycles. The monoisotopic (exact) mass is 482 g/mol. The van der Waals surface area contributed by atoms with Crippen molar-refractivity contribution < 1.29 is 34.0 Å². The molecule has 3 aliphatic rings. The van der Waals surface area contributed by atoms with Gasteiger partial charge in [0.05, 0.1) is 24.7 Å². The minimum absolute atomic E-state index is 0.0668. The molecule has 8 atom stereocenters. The van der Waals surface area contributed by atoms with Crippen molar-refractivity contribution in [2.75, 3.05) is 13.2 Å². The van der Waals surface area contributed by atoms with E-state index in [0.717, 1.165) is 44.9 Å². The van der Waals surface area contributed by atoms with Crippen molar-refractivity contribution in [3.8, 4) is 0 Å². The van der Waals surface area contributed by atoms with Crippen molar-refractivity contribution in [1.82, 2.24) is 0 Å². The molecule has 1 aromatic heterocycles. The Kier molecular flexibility index (Phi) is 9.19. The quantitative estimate of drug-likeness (QED) is 0.506. The first-order valence-electron chi connectivity index (χ1n) is 12.5. The Morgan fingerprint density at radius 1 is 1.18 bits per heavy atom. The zero-order valence-corrected chi connectivity index (χ0v) is 20.3. The smallest absolute Gasteiger partial charge is 0.303 e. The number of rotatable bonds is 10. The Balaban J connectivity index is 1.62. The number of carbonyl (C=O) groups is 1. The van der Waals surface area contributed by atoms with E-state index < -0.39 is 12.1 Å². The van der Waals surface area contributed by atoms with Crippen molar-refractivity contribution in [3.63, 3.8) is 0 Å². The van der Waals surface area contributed by atoms with Crippen LogP contribution in [0.15, 0.2) is 17.5 Å². The zero-order chi connectivity index (χ0) is 23.2. The maximum atomic E-state index is 11.5. The summed E-state index contributed by atoms with van der Waals surface area (Å²) in [4.78, 5) is 12.7. The molecule has 1 saturated carbocycles. The van der Waals surface area contributed by atoms with Crippen LogP contribution in [0.2, 0.25) is 0 Å². The third kappa shape index (κ3) is 6.35. The maximum absolute atomic E-state index is 11.5. The molecular weight excluding hydrogens is 444 g/mol. The van der Waals surface area contributed by atoms with Crippen LogP contribution in [-0.2, 0) is 23.7 Å². The largest absolute Gasteiger partial charge is 0.481 e. The summed E-state index contributed by atoms with van der Waals surface area (Å²) in [5.74, 6) is -1.55. The van der Waals surface area contributed by atoms with Crippen molar-refractivity contribution in [2.24, 2.45) is 11.8 Å². The summed E-state index contributed by atoms with van der Waals surface area (Å²) in [6.07, 6.45) is 4.97. The molecule has 0 amide bonds. The molecule has 1 aromatic rings. The minimum Gasteiger partial charge on any atom is -0.481 e. The van der Waals surface area contributed by atoms with E-state index in [9.17, 15) is 15.0 Å². The molecule has 0 bridgehead atoms. The summed E-state index contributed by atoms with van der Waals surface area (Å²) in [5, 5.41) is 23.0. The number of hydrogen-bond donors (Lipinski definition) is 2. The van der Waals surface area contributed by atoms with E-state index in [-0.39, 0.29) is 49.0 Å². The fourth-order valence-corrected chi connectivity index (χ4v) is 6.62. The second-order valence-corrected chi connectivity index (χ2v) is 10.5. The van der Waals surface area contributed by atoms with Gasteiger partial charge < -0.3 is 29.2 Å². The Hall–Kier alpha value is -1.03. The fraction of sp³-hybridized carbons (Fsp3) is 0.800. The van der Waals surface area contributed by atoms with E-state index in [1.54, 1.807) is 11.3 Å². The zero-order valence-electron chi connectivity index (χ0n) is 19.5. The number of aliphatic carboxylic acids is 1. The summed E-state index contributed by atoms with van der Waals surface area (Å²) >= 11 is 1.69. The van der Waals surface area contributed by atoms with Crippen LogP contribution in [0.25, 0.3) is 0 Å². The molecule has 0 spiro atoms. The highest BCUT2D eigenvalue weighted by molar-refractivity contribution is 7.10. The lowest BCUT2D eigenvalue weighted by Gasteiger charge is -2.39. The summed E-state index contributed by atoms with van der Waals surface area (Å²) in [5.41, 5.74) is 0. The van der Waals surface area contributed by atoms with E-state index in [1.165, 1.54) is 4.88 Å². The second-order valence-electron chi connectivity index (χ2n) is 9.56. The lowest BCUT2D eigenvalue weighted by Crippen LogP contribution is -2.45. The lowest BCUT2D eigenvalue weighted by atomic mass is 9.83. The van der Waals surface area contributed by atoms with Crippen LogP contribution in [0, 0.1) is 11.8 Å². The summed E-state index contributed by atoms with van der Waals surface area (Å²) in [6, 6.07) is 4.16. The van der Waals surface area contributed by atoms with Crippen LogP contribution < -0.4 is 0 Å². The molecule has 0 radical (unpaired) electrons. The number of aliphatic hydroxyl groups excluding tert-OH is 1. The minimum atomic E-state index is -0.897. The highest BCUT2D eigenvalue weighted by Gasteiger charge is 2.51. The van der Waals surface area contributed by atoms with Crippen LogP contribution >= 0.6 is 11.3 Å². The molecule has 1 aliphatic carbocycles. The van der Waals surface area contributed by atoms with Gasteiger partial charge in [0.1, 0.15) is 0 Å². The van der Waals surface area contributed by atoms with E-state index in [4.69, 9.17) is 18.9 Å². The van der Waals surface area contributed by atoms with Crippen LogP contribution in [-0.4, -0.2) is 60.3 Å². The van der Waals surface area contributed by atoms with Crippen LogP contribution in [0.5, 0.6) is 0 Å². The van der Waals surface area contributed by atoms with Gasteiger partial charge in [-0.3, -0.25) is 4.79 Å². The van der Waals surface area contributed by atoms with Gasteiger partial charge in [-0.15, -0.1) is 11.3 Å². The molecule has 2 N–H and O–H groups in total. The summed E-state index contributed by atoms with van der Waals surface area (Å²) in [6.45, 7) is 3.49. The fourth-order valence-electron chi connectivity index (χ4n) is 5.67. The SMILES string of the molecule is CC[C@@H](c1cccs1)C(OC1CCCCO1)C1[C@@H](OC2CCCCO2)C[C@@H](CC(=O)O)[C@H]1O. The van der Waals surface area contributed by atoms with Gasteiger partial charge in [-0.05, 0) is 68.7 Å². The summed E-state index contributed by atoms with van der Waals surface area (Å²) < 4.78 is 24.9. The Morgan fingerprint density at radius 3 is 2.48 bits per heavy atom. The first kappa shape index (κ1) is 25.1. The Labute approximate surface area is 200 Å². The third-order valence-electron chi connectivity index (χ3n) is 7.31. The van der Waals surface area contributed by atoms with Gasteiger partial charge in [-0.2, -0.15) is 0 Å². The Bertz CT molecular complexity index is 714. The summed E-state index contributed by atoms with van der Waals surface area (Å²) in [7, 11) is 0. The van der Waals surface area contributed by atoms with Gasteiger partial charge >= 0.3 is 5.97 Å². The van der Waals surface area contributed by atoms with Gasteiger partial charge in [0.15, 0.2) is 12.6 Å².